The third-order valence-corrected chi connectivity index (χ3v) is 3.49. The molecule has 1 aliphatic heterocycles. The molecule has 1 heterocycles. The molecule has 3 N–H and O–H groups in total. The lowest BCUT2D eigenvalue weighted by molar-refractivity contribution is 0.254. The van der Waals surface area contributed by atoms with Crippen molar-refractivity contribution in [2.75, 3.05) is 24.6 Å². The fraction of sp³-hybridized carbons (Fsp3) is 0.889. The molecule has 0 aromatic heterocycles. The number of nitrogens with zero attached hydrogens (tertiary/aromatic N) is 1. The largest absolute Gasteiger partial charge is 0.386 e. The van der Waals surface area contributed by atoms with Crippen molar-refractivity contribution >= 4 is 17.6 Å². The molecule has 0 spiro atoms. The first-order valence-corrected chi connectivity index (χ1v) is 6.07. The molecule has 0 radical (unpaired) electrons. The summed E-state index contributed by atoms with van der Waals surface area (Å²) in [5.74, 6) is 2.77. The lowest BCUT2D eigenvalue weighted by atomic mass is 10.1. The molecular formula is C9H19N3S. The van der Waals surface area contributed by atoms with Crippen LogP contribution in [0.3, 0.4) is 0 Å². The fourth-order valence-electron chi connectivity index (χ4n) is 1.75. The maximum Gasteiger partial charge on any atom is 0.108 e. The standard InChI is InChI=1S/C9H19N3S/c1-2-8(9(10)11)12-4-3-6-13-7-5-12/h8H,2-7H2,1H3,(H3,10,11). The van der Waals surface area contributed by atoms with Gasteiger partial charge in [-0.05, 0) is 25.1 Å². The third-order valence-electron chi connectivity index (χ3n) is 2.44. The molecule has 1 rings (SSSR count). The molecule has 1 saturated heterocycles. The molecule has 1 aliphatic rings. The summed E-state index contributed by atoms with van der Waals surface area (Å²) in [4.78, 5) is 2.35. The number of rotatable bonds is 3. The molecule has 1 unspecified atom stereocenters. The first kappa shape index (κ1) is 10.9. The summed E-state index contributed by atoms with van der Waals surface area (Å²) < 4.78 is 0. The van der Waals surface area contributed by atoms with Crippen molar-refractivity contribution < 1.29 is 0 Å². The summed E-state index contributed by atoms with van der Waals surface area (Å²) in [5, 5.41) is 7.49. The van der Waals surface area contributed by atoms with Crippen LogP contribution >= 0.6 is 11.8 Å². The van der Waals surface area contributed by atoms with Gasteiger partial charge in [-0.15, -0.1) is 0 Å². The lowest BCUT2D eigenvalue weighted by Crippen LogP contribution is -2.45. The summed E-state index contributed by atoms with van der Waals surface area (Å²) in [6.45, 7) is 4.29. The minimum Gasteiger partial charge on any atom is -0.386 e. The molecule has 0 aliphatic carbocycles. The van der Waals surface area contributed by atoms with E-state index in [1.165, 1.54) is 17.9 Å². The first-order valence-electron chi connectivity index (χ1n) is 4.91. The second-order valence-electron chi connectivity index (χ2n) is 3.38. The molecule has 1 fully saturated rings. The SMILES string of the molecule is CCC(C(=N)N)N1CCCSCC1. The fourth-order valence-corrected chi connectivity index (χ4v) is 2.65. The van der Waals surface area contributed by atoms with Crippen molar-refractivity contribution in [2.45, 2.75) is 25.8 Å². The quantitative estimate of drug-likeness (QED) is 0.532. The van der Waals surface area contributed by atoms with Gasteiger partial charge in [-0.25, -0.2) is 0 Å². The summed E-state index contributed by atoms with van der Waals surface area (Å²) in [7, 11) is 0. The van der Waals surface area contributed by atoms with E-state index in [0.717, 1.165) is 19.5 Å². The maximum absolute atomic E-state index is 7.49. The van der Waals surface area contributed by atoms with E-state index in [4.69, 9.17) is 11.1 Å². The molecule has 3 nitrogen and oxygen atoms in total. The lowest BCUT2D eigenvalue weighted by Gasteiger charge is -2.28. The molecule has 0 aromatic rings. The predicted molar refractivity (Wildman–Crippen MR) is 59.5 cm³/mol. The van der Waals surface area contributed by atoms with Gasteiger partial charge < -0.3 is 5.73 Å². The Morgan fingerprint density at radius 1 is 1.54 bits per heavy atom. The van der Waals surface area contributed by atoms with E-state index in [9.17, 15) is 0 Å². The van der Waals surface area contributed by atoms with E-state index in [1.807, 2.05) is 11.8 Å². The molecule has 0 amide bonds. The summed E-state index contributed by atoms with van der Waals surface area (Å²) in [5.41, 5.74) is 5.56. The van der Waals surface area contributed by atoms with E-state index >= 15 is 0 Å². The van der Waals surface area contributed by atoms with E-state index < -0.39 is 0 Å². The molecular weight excluding hydrogens is 182 g/mol. The van der Waals surface area contributed by atoms with Crippen LogP contribution in [0.2, 0.25) is 0 Å². The van der Waals surface area contributed by atoms with Crippen LogP contribution in [0.4, 0.5) is 0 Å². The summed E-state index contributed by atoms with van der Waals surface area (Å²) in [6, 6.07) is 0.179. The van der Waals surface area contributed by atoms with Gasteiger partial charge >= 0.3 is 0 Å². The van der Waals surface area contributed by atoms with Crippen molar-refractivity contribution in [1.29, 1.82) is 5.41 Å². The van der Waals surface area contributed by atoms with Crippen molar-refractivity contribution in [3.63, 3.8) is 0 Å². The van der Waals surface area contributed by atoms with Crippen LogP contribution in [0.5, 0.6) is 0 Å². The van der Waals surface area contributed by atoms with Gasteiger partial charge in [0.1, 0.15) is 5.84 Å². The average Bonchev–Trinajstić information content (AvgIpc) is 2.33. The number of thioether (sulfide) groups is 1. The Kier molecular flexibility index (Phi) is 4.59. The Labute approximate surface area is 84.6 Å². The molecule has 13 heavy (non-hydrogen) atoms. The van der Waals surface area contributed by atoms with Crippen molar-refractivity contribution in [1.82, 2.24) is 4.90 Å². The number of hydrogen-bond donors (Lipinski definition) is 2. The van der Waals surface area contributed by atoms with Gasteiger partial charge in [0.15, 0.2) is 0 Å². The Morgan fingerprint density at radius 3 is 2.92 bits per heavy atom. The molecule has 4 heteroatoms. The molecule has 1 atom stereocenters. The molecule has 0 saturated carbocycles. The Balaban J connectivity index is 2.50. The topological polar surface area (TPSA) is 53.1 Å². The van der Waals surface area contributed by atoms with E-state index in [0.29, 0.717) is 5.84 Å². The maximum atomic E-state index is 7.49. The van der Waals surface area contributed by atoms with E-state index in [2.05, 4.69) is 11.8 Å². The second-order valence-corrected chi connectivity index (χ2v) is 4.61. The highest BCUT2D eigenvalue weighted by Crippen LogP contribution is 2.13. The number of amidine groups is 1. The smallest absolute Gasteiger partial charge is 0.108 e. The highest BCUT2D eigenvalue weighted by molar-refractivity contribution is 7.99. The minimum atomic E-state index is 0.179. The van der Waals surface area contributed by atoms with Crippen LogP contribution in [-0.4, -0.2) is 41.4 Å². The number of nitrogens with one attached hydrogen (secondary N) is 1. The van der Waals surface area contributed by atoms with Crippen molar-refractivity contribution in [2.24, 2.45) is 5.73 Å². The third kappa shape index (κ3) is 3.19. The highest BCUT2D eigenvalue weighted by Gasteiger charge is 2.20. The van der Waals surface area contributed by atoms with E-state index in [1.54, 1.807) is 0 Å². The Bertz CT molecular complexity index is 164. The van der Waals surface area contributed by atoms with Crippen LogP contribution in [0, 0.1) is 5.41 Å². The molecule has 0 aromatic carbocycles. The Hall–Kier alpha value is -0.220. The zero-order valence-electron chi connectivity index (χ0n) is 8.25. The van der Waals surface area contributed by atoms with Crippen LogP contribution in [-0.2, 0) is 0 Å². The van der Waals surface area contributed by atoms with Crippen molar-refractivity contribution in [3.05, 3.63) is 0 Å². The molecule has 76 valence electrons. The van der Waals surface area contributed by atoms with Gasteiger partial charge in [0.2, 0.25) is 0 Å². The normalized spacial score (nSPS) is 22.2. The van der Waals surface area contributed by atoms with Gasteiger partial charge in [-0.2, -0.15) is 11.8 Å². The van der Waals surface area contributed by atoms with Crippen LogP contribution in [0.1, 0.15) is 19.8 Å². The van der Waals surface area contributed by atoms with Crippen LogP contribution in [0.25, 0.3) is 0 Å². The number of hydrogen-bond acceptors (Lipinski definition) is 3. The van der Waals surface area contributed by atoms with Gasteiger partial charge in [0, 0.05) is 12.3 Å². The van der Waals surface area contributed by atoms with E-state index in [-0.39, 0.29) is 6.04 Å². The van der Waals surface area contributed by atoms with Crippen LogP contribution < -0.4 is 5.73 Å². The van der Waals surface area contributed by atoms with Crippen LogP contribution in [0.15, 0.2) is 0 Å². The van der Waals surface area contributed by atoms with Gasteiger partial charge in [-0.1, -0.05) is 6.92 Å². The predicted octanol–water partition coefficient (Wildman–Crippen LogP) is 1.14. The monoisotopic (exact) mass is 201 g/mol. The Morgan fingerprint density at radius 2 is 2.31 bits per heavy atom. The summed E-state index contributed by atoms with van der Waals surface area (Å²) in [6.07, 6.45) is 2.19. The average molecular weight is 201 g/mol. The summed E-state index contributed by atoms with van der Waals surface area (Å²) >= 11 is 2.01. The second kappa shape index (κ2) is 5.50. The van der Waals surface area contributed by atoms with Gasteiger partial charge in [0.25, 0.3) is 0 Å². The van der Waals surface area contributed by atoms with Gasteiger partial charge in [-0.3, -0.25) is 10.3 Å². The minimum absolute atomic E-state index is 0.179. The number of nitrogens with two attached hydrogens (primary N) is 1. The van der Waals surface area contributed by atoms with Gasteiger partial charge in [0.05, 0.1) is 6.04 Å². The highest BCUT2D eigenvalue weighted by atomic mass is 32.2. The van der Waals surface area contributed by atoms with Crippen molar-refractivity contribution in [3.8, 4) is 0 Å². The zero-order valence-corrected chi connectivity index (χ0v) is 9.07. The molecule has 0 bridgehead atoms. The zero-order chi connectivity index (χ0) is 9.68. The first-order chi connectivity index (χ1) is 6.25.